The highest BCUT2D eigenvalue weighted by Crippen LogP contribution is 2.35. The molecular formula is C10H8ClNO4. The van der Waals surface area contributed by atoms with Crippen LogP contribution in [0.25, 0.3) is 0 Å². The van der Waals surface area contributed by atoms with Crippen LogP contribution in [0.3, 0.4) is 0 Å². The number of hydrogen-bond donors (Lipinski definition) is 2. The molecule has 0 unspecified atom stereocenters. The SMILES string of the molecule is O=C(O)Cc1cc(Cl)cc2c1OCC(=O)N2. The summed E-state index contributed by atoms with van der Waals surface area (Å²) in [5.74, 6) is -0.882. The molecule has 2 rings (SSSR count). The molecule has 0 radical (unpaired) electrons. The van der Waals surface area contributed by atoms with Crippen molar-refractivity contribution in [1.82, 2.24) is 0 Å². The van der Waals surface area contributed by atoms with Crippen molar-refractivity contribution < 1.29 is 19.4 Å². The number of hydrogen-bond acceptors (Lipinski definition) is 3. The Labute approximate surface area is 96.0 Å². The van der Waals surface area contributed by atoms with Crippen LogP contribution < -0.4 is 10.1 Å². The largest absolute Gasteiger partial charge is 0.481 e. The highest BCUT2D eigenvalue weighted by molar-refractivity contribution is 6.31. The van der Waals surface area contributed by atoms with E-state index >= 15 is 0 Å². The van der Waals surface area contributed by atoms with Crippen LogP contribution in [0.15, 0.2) is 12.1 Å². The Balaban J connectivity index is 2.45. The number of anilines is 1. The van der Waals surface area contributed by atoms with Gasteiger partial charge in [-0.2, -0.15) is 0 Å². The Morgan fingerprint density at radius 2 is 2.31 bits per heavy atom. The average molecular weight is 242 g/mol. The molecule has 0 aromatic heterocycles. The third-order valence-corrected chi connectivity index (χ3v) is 2.31. The van der Waals surface area contributed by atoms with Gasteiger partial charge in [0.05, 0.1) is 12.1 Å². The molecule has 0 atom stereocenters. The lowest BCUT2D eigenvalue weighted by molar-refractivity contribution is -0.136. The van der Waals surface area contributed by atoms with Crippen molar-refractivity contribution in [1.29, 1.82) is 0 Å². The van der Waals surface area contributed by atoms with Crippen molar-refractivity contribution in [3.8, 4) is 5.75 Å². The number of fused-ring (bicyclic) bond motifs is 1. The fraction of sp³-hybridized carbons (Fsp3) is 0.200. The van der Waals surface area contributed by atoms with Crippen LogP contribution in [0.2, 0.25) is 5.02 Å². The molecule has 0 spiro atoms. The molecule has 0 aliphatic carbocycles. The fourth-order valence-corrected chi connectivity index (χ4v) is 1.77. The smallest absolute Gasteiger partial charge is 0.307 e. The monoisotopic (exact) mass is 241 g/mol. The molecule has 0 saturated carbocycles. The maximum absolute atomic E-state index is 11.1. The second kappa shape index (κ2) is 4.02. The van der Waals surface area contributed by atoms with Crippen LogP contribution in [0.4, 0.5) is 5.69 Å². The summed E-state index contributed by atoms with van der Waals surface area (Å²) in [6.45, 7) is -0.110. The van der Waals surface area contributed by atoms with Crippen molar-refractivity contribution in [2.75, 3.05) is 11.9 Å². The van der Waals surface area contributed by atoms with Gasteiger partial charge in [-0.25, -0.2) is 0 Å². The maximum atomic E-state index is 11.1. The van der Waals surface area contributed by atoms with E-state index in [-0.39, 0.29) is 18.9 Å². The number of nitrogens with one attached hydrogen (secondary N) is 1. The first-order chi connectivity index (χ1) is 7.56. The van der Waals surface area contributed by atoms with Gasteiger partial charge in [-0.05, 0) is 12.1 Å². The van der Waals surface area contributed by atoms with E-state index in [0.29, 0.717) is 22.0 Å². The zero-order chi connectivity index (χ0) is 11.7. The molecule has 16 heavy (non-hydrogen) atoms. The number of carboxylic acids is 1. The Morgan fingerprint density at radius 3 is 3.00 bits per heavy atom. The van der Waals surface area contributed by atoms with Crippen molar-refractivity contribution in [2.45, 2.75) is 6.42 Å². The van der Waals surface area contributed by atoms with Crippen molar-refractivity contribution >= 4 is 29.2 Å². The van der Waals surface area contributed by atoms with Crippen LogP contribution >= 0.6 is 11.6 Å². The molecule has 2 N–H and O–H groups in total. The summed E-state index contributed by atoms with van der Waals surface area (Å²) in [6.07, 6.45) is -0.196. The van der Waals surface area contributed by atoms with Crippen LogP contribution in [0, 0.1) is 0 Å². The van der Waals surface area contributed by atoms with Gasteiger partial charge in [-0.15, -0.1) is 0 Å². The standard InChI is InChI=1S/C10H8ClNO4/c11-6-1-5(2-9(14)15)10-7(3-6)12-8(13)4-16-10/h1,3H,2,4H2,(H,12,13)(H,14,15). The van der Waals surface area contributed by atoms with Gasteiger partial charge in [0.25, 0.3) is 5.91 Å². The van der Waals surface area contributed by atoms with E-state index in [1.807, 2.05) is 0 Å². The number of carbonyl (C=O) groups is 2. The van der Waals surface area contributed by atoms with E-state index in [4.69, 9.17) is 21.4 Å². The van der Waals surface area contributed by atoms with Gasteiger partial charge < -0.3 is 15.2 Å². The van der Waals surface area contributed by atoms with Crippen LogP contribution in [-0.2, 0) is 16.0 Å². The molecular weight excluding hydrogens is 234 g/mol. The highest BCUT2D eigenvalue weighted by Gasteiger charge is 2.21. The molecule has 1 aliphatic heterocycles. The van der Waals surface area contributed by atoms with E-state index in [9.17, 15) is 9.59 Å². The summed E-state index contributed by atoms with van der Waals surface area (Å²) < 4.78 is 5.19. The van der Waals surface area contributed by atoms with Crippen molar-refractivity contribution in [2.24, 2.45) is 0 Å². The van der Waals surface area contributed by atoms with Gasteiger partial charge in [0.1, 0.15) is 5.75 Å². The van der Waals surface area contributed by atoms with Crippen molar-refractivity contribution in [3.63, 3.8) is 0 Å². The fourth-order valence-electron chi connectivity index (χ4n) is 1.53. The first-order valence-electron chi connectivity index (χ1n) is 4.53. The number of rotatable bonds is 2. The van der Waals surface area contributed by atoms with Gasteiger partial charge in [0.15, 0.2) is 6.61 Å². The summed E-state index contributed by atoms with van der Waals surface area (Å²) in [5, 5.41) is 11.7. The zero-order valence-corrected chi connectivity index (χ0v) is 8.87. The number of carbonyl (C=O) groups excluding carboxylic acids is 1. The highest BCUT2D eigenvalue weighted by atomic mass is 35.5. The van der Waals surface area contributed by atoms with E-state index < -0.39 is 5.97 Å². The number of aliphatic carboxylic acids is 1. The third kappa shape index (κ3) is 2.09. The number of benzene rings is 1. The lowest BCUT2D eigenvalue weighted by Gasteiger charge is -2.20. The maximum Gasteiger partial charge on any atom is 0.307 e. The summed E-state index contributed by atoms with van der Waals surface area (Å²) >= 11 is 5.81. The number of halogens is 1. The van der Waals surface area contributed by atoms with Gasteiger partial charge in [-0.3, -0.25) is 9.59 Å². The minimum absolute atomic E-state index is 0.110. The molecule has 84 valence electrons. The second-order valence-electron chi connectivity index (χ2n) is 3.35. The molecule has 1 heterocycles. The normalized spacial score (nSPS) is 13.7. The first-order valence-corrected chi connectivity index (χ1v) is 4.91. The number of carboxylic acid groups (broad SMARTS) is 1. The van der Waals surface area contributed by atoms with Crippen LogP contribution in [-0.4, -0.2) is 23.6 Å². The molecule has 6 heteroatoms. The average Bonchev–Trinajstić information content (AvgIpc) is 2.15. The molecule has 0 saturated heterocycles. The predicted molar refractivity (Wildman–Crippen MR) is 56.9 cm³/mol. The summed E-state index contributed by atoms with van der Waals surface area (Å²) in [7, 11) is 0. The molecule has 0 fully saturated rings. The molecule has 5 nitrogen and oxygen atoms in total. The minimum Gasteiger partial charge on any atom is -0.481 e. The van der Waals surface area contributed by atoms with E-state index in [2.05, 4.69) is 5.32 Å². The third-order valence-electron chi connectivity index (χ3n) is 2.09. The Hall–Kier alpha value is -1.75. The minimum atomic E-state index is -0.982. The Morgan fingerprint density at radius 1 is 1.56 bits per heavy atom. The molecule has 1 aromatic carbocycles. The number of ether oxygens (including phenoxy) is 1. The lowest BCUT2D eigenvalue weighted by atomic mass is 10.1. The van der Waals surface area contributed by atoms with E-state index in [0.717, 1.165) is 0 Å². The first kappa shape index (κ1) is 10.8. The van der Waals surface area contributed by atoms with Crippen LogP contribution in [0.5, 0.6) is 5.75 Å². The van der Waals surface area contributed by atoms with Gasteiger partial charge in [0.2, 0.25) is 0 Å². The number of amides is 1. The summed E-state index contributed by atoms with van der Waals surface area (Å²) in [6, 6.07) is 3.05. The van der Waals surface area contributed by atoms with Gasteiger partial charge in [0, 0.05) is 10.6 Å². The lowest BCUT2D eigenvalue weighted by Crippen LogP contribution is -2.26. The van der Waals surface area contributed by atoms with Crippen LogP contribution in [0.1, 0.15) is 5.56 Å². The summed E-state index contributed by atoms with van der Waals surface area (Å²) in [4.78, 5) is 21.7. The second-order valence-corrected chi connectivity index (χ2v) is 3.79. The molecule has 1 aromatic rings. The molecule has 1 amide bonds. The van der Waals surface area contributed by atoms with Crippen molar-refractivity contribution in [3.05, 3.63) is 22.7 Å². The Kier molecular flexibility index (Phi) is 2.70. The molecule has 1 aliphatic rings. The van der Waals surface area contributed by atoms with Gasteiger partial charge in [-0.1, -0.05) is 11.6 Å². The van der Waals surface area contributed by atoms with E-state index in [1.54, 1.807) is 0 Å². The Bertz CT molecular complexity index is 472. The zero-order valence-electron chi connectivity index (χ0n) is 8.12. The van der Waals surface area contributed by atoms with Gasteiger partial charge >= 0.3 is 5.97 Å². The quantitative estimate of drug-likeness (QED) is 0.818. The molecule has 0 bridgehead atoms. The summed E-state index contributed by atoms with van der Waals surface area (Å²) in [5.41, 5.74) is 0.870. The van der Waals surface area contributed by atoms with E-state index in [1.165, 1.54) is 12.1 Å². The predicted octanol–water partition coefficient (Wildman–Crippen LogP) is 1.30. The topological polar surface area (TPSA) is 75.6 Å².